The van der Waals surface area contributed by atoms with Crippen LogP contribution in [0.3, 0.4) is 0 Å². The summed E-state index contributed by atoms with van der Waals surface area (Å²) in [7, 11) is 0. The Morgan fingerprint density at radius 1 is 1.08 bits per heavy atom. The maximum absolute atomic E-state index is 12.5. The van der Waals surface area contributed by atoms with Crippen LogP contribution in [0.15, 0.2) is 30.3 Å². The molecule has 2 aliphatic heterocycles. The molecule has 5 nitrogen and oxygen atoms in total. The molecule has 0 aromatic heterocycles. The monoisotopic (exact) mass is 355 g/mol. The number of piperazine rings is 1. The molecule has 0 spiro atoms. The number of carbonyl (C=O) groups excluding carboxylic acids is 2. The van der Waals surface area contributed by atoms with Crippen LogP contribution in [0.25, 0.3) is 0 Å². The fourth-order valence-electron chi connectivity index (χ4n) is 4.76. The third-order valence-electron chi connectivity index (χ3n) is 6.32. The Kier molecular flexibility index (Phi) is 5.25. The fourth-order valence-corrected chi connectivity index (χ4v) is 4.76. The second-order valence-corrected chi connectivity index (χ2v) is 8.01. The van der Waals surface area contributed by atoms with Crippen molar-refractivity contribution in [1.29, 1.82) is 0 Å². The molecule has 1 aromatic rings. The molecule has 2 bridgehead atoms. The third kappa shape index (κ3) is 3.93. The minimum Gasteiger partial charge on any atom is -0.339 e. The first-order chi connectivity index (χ1) is 12.7. The summed E-state index contributed by atoms with van der Waals surface area (Å²) in [5.74, 6) is 1.09. The Morgan fingerprint density at radius 2 is 1.92 bits per heavy atom. The van der Waals surface area contributed by atoms with Crippen LogP contribution in [0, 0.1) is 5.92 Å². The molecule has 1 aliphatic carbocycles. The van der Waals surface area contributed by atoms with E-state index in [1.54, 1.807) is 4.90 Å². The summed E-state index contributed by atoms with van der Waals surface area (Å²) >= 11 is 0. The summed E-state index contributed by atoms with van der Waals surface area (Å²) in [6.07, 6.45) is 5.43. The highest BCUT2D eigenvalue weighted by atomic mass is 16.2. The van der Waals surface area contributed by atoms with Crippen LogP contribution in [0.2, 0.25) is 0 Å². The average molecular weight is 355 g/mol. The van der Waals surface area contributed by atoms with Crippen molar-refractivity contribution in [3.8, 4) is 0 Å². The summed E-state index contributed by atoms with van der Waals surface area (Å²) in [6.45, 7) is 4.35. The largest absolute Gasteiger partial charge is 0.339 e. The molecule has 1 saturated carbocycles. The highest BCUT2D eigenvalue weighted by Crippen LogP contribution is 2.37. The van der Waals surface area contributed by atoms with E-state index < -0.39 is 0 Å². The van der Waals surface area contributed by atoms with Crippen LogP contribution in [-0.4, -0.2) is 71.8 Å². The van der Waals surface area contributed by atoms with Crippen LogP contribution >= 0.6 is 0 Å². The predicted molar refractivity (Wildman–Crippen MR) is 101 cm³/mol. The summed E-state index contributed by atoms with van der Waals surface area (Å²) < 4.78 is 0. The van der Waals surface area contributed by atoms with Gasteiger partial charge in [-0.05, 0) is 37.2 Å². The molecule has 5 heteroatoms. The van der Waals surface area contributed by atoms with Gasteiger partial charge in [0.1, 0.15) is 0 Å². The maximum atomic E-state index is 12.5. The minimum atomic E-state index is 0.0840. The van der Waals surface area contributed by atoms with Crippen LogP contribution in [0.5, 0.6) is 0 Å². The molecular weight excluding hydrogens is 326 g/mol. The number of carbonyl (C=O) groups is 2. The molecule has 1 aromatic carbocycles. The number of nitrogens with zero attached hydrogens (tertiary/aromatic N) is 3. The summed E-state index contributed by atoms with van der Waals surface area (Å²) in [5, 5.41) is 0. The second-order valence-electron chi connectivity index (χ2n) is 8.01. The summed E-state index contributed by atoms with van der Waals surface area (Å²) in [4.78, 5) is 31.1. The molecule has 140 valence electrons. The predicted octanol–water partition coefficient (Wildman–Crippen LogP) is 1.77. The van der Waals surface area contributed by atoms with Gasteiger partial charge in [-0.25, -0.2) is 0 Å². The molecular formula is C21H29N3O2. The first-order valence-electron chi connectivity index (χ1n) is 10.0. The first kappa shape index (κ1) is 17.5. The van der Waals surface area contributed by atoms with E-state index in [0.29, 0.717) is 25.6 Å². The number of likely N-dealkylation sites (tertiary alicyclic amines) is 1. The standard InChI is InChI=1S/C21H29N3O2/c25-20(9-11-23-15-18-6-7-19(23)14-18)24-13-12-22(21(26)16-24)10-8-17-4-2-1-3-5-17/h1-5,18-19H,6-16H2/t18-,19+/m1/s1. The van der Waals surface area contributed by atoms with E-state index in [1.165, 1.54) is 31.4 Å². The van der Waals surface area contributed by atoms with Crippen molar-refractivity contribution in [2.75, 3.05) is 39.3 Å². The van der Waals surface area contributed by atoms with E-state index in [9.17, 15) is 9.59 Å². The quantitative estimate of drug-likeness (QED) is 0.781. The van der Waals surface area contributed by atoms with E-state index >= 15 is 0 Å². The van der Waals surface area contributed by atoms with E-state index in [0.717, 1.165) is 25.4 Å². The lowest BCUT2D eigenvalue weighted by molar-refractivity contribution is -0.145. The van der Waals surface area contributed by atoms with Gasteiger partial charge >= 0.3 is 0 Å². The normalized spacial score (nSPS) is 25.9. The zero-order valence-corrected chi connectivity index (χ0v) is 15.5. The number of amides is 2. The van der Waals surface area contributed by atoms with Gasteiger partial charge in [-0.2, -0.15) is 0 Å². The number of piperidine rings is 1. The van der Waals surface area contributed by atoms with Gasteiger partial charge in [-0.3, -0.25) is 14.5 Å². The van der Waals surface area contributed by atoms with Crippen molar-refractivity contribution in [1.82, 2.24) is 14.7 Å². The molecule has 4 rings (SSSR count). The van der Waals surface area contributed by atoms with Crippen molar-refractivity contribution in [2.45, 2.75) is 38.1 Å². The van der Waals surface area contributed by atoms with Gasteiger partial charge in [-0.15, -0.1) is 0 Å². The molecule has 2 amide bonds. The second kappa shape index (κ2) is 7.78. The Morgan fingerprint density at radius 3 is 2.62 bits per heavy atom. The van der Waals surface area contributed by atoms with Crippen molar-refractivity contribution < 1.29 is 9.59 Å². The molecule has 0 radical (unpaired) electrons. The topological polar surface area (TPSA) is 43.9 Å². The number of hydrogen-bond acceptors (Lipinski definition) is 3. The average Bonchev–Trinajstić information content (AvgIpc) is 3.29. The van der Waals surface area contributed by atoms with E-state index in [1.807, 2.05) is 23.1 Å². The lowest BCUT2D eigenvalue weighted by Crippen LogP contribution is -2.53. The molecule has 0 unspecified atom stereocenters. The Bertz CT molecular complexity index is 648. The smallest absolute Gasteiger partial charge is 0.242 e. The van der Waals surface area contributed by atoms with Gasteiger partial charge in [0.25, 0.3) is 0 Å². The van der Waals surface area contributed by atoms with Crippen LogP contribution < -0.4 is 0 Å². The number of hydrogen-bond donors (Lipinski definition) is 0. The van der Waals surface area contributed by atoms with Crippen molar-refractivity contribution in [3.05, 3.63) is 35.9 Å². The Hall–Kier alpha value is -1.88. The zero-order chi connectivity index (χ0) is 17.9. The van der Waals surface area contributed by atoms with Gasteiger partial charge in [0.15, 0.2) is 0 Å². The van der Waals surface area contributed by atoms with Crippen LogP contribution in [0.1, 0.15) is 31.2 Å². The van der Waals surface area contributed by atoms with Gasteiger partial charge in [0, 0.05) is 45.2 Å². The molecule has 2 heterocycles. The molecule has 26 heavy (non-hydrogen) atoms. The van der Waals surface area contributed by atoms with E-state index in [2.05, 4.69) is 17.0 Å². The van der Waals surface area contributed by atoms with Crippen molar-refractivity contribution in [2.24, 2.45) is 5.92 Å². The van der Waals surface area contributed by atoms with Gasteiger partial charge in [0.05, 0.1) is 6.54 Å². The van der Waals surface area contributed by atoms with Crippen LogP contribution in [-0.2, 0) is 16.0 Å². The number of fused-ring (bicyclic) bond motifs is 2. The van der Waals surface area contributed by atoms with Gasteiger partial charge in [-0.1, -0.05) is 30.3 Å². The lowest BCUT2D eigenvalue weighted by Gasteiger charge is -2.35. The first-order valence-corrected chi connectivity index (χ1v) is 10.0. The SMILES string of the molecule is O=C1CN(C(=O)CCN2C[C@@H]3CC[C@H]2C3)CCN1CCc1ccccc1. The zero-order valence-electron chi connectivity index (χ0n) is 15.5. The minimum absolute atomic E-state index is 0.0840. The molecule has 0 N–H and O–H groups in total. The highest BCUT2D eigenvalue weighted by molar-refractivity contribution is 5.86. The number of rotatable bonds is 6. The Balaban J connectivity index is 1.20. The lowest BCUT2D eigenvalue weighted by atomic mass is 10.1. The summed E-state index contributed by atoms with van der Waals surface area (Å²) in [5.41, 5.74) is 1.25. The van der Waals surface area contributed by atoms with Crippen molar-refractivity contribution >= 4 is 11.8 Å². The van der Waals surface area contributed by atoms with Gasteiger partial charge in [0.2, 0.25) is 11.8 Å². The highest BCUT2D eigenvalue weighted by Gasteiger charge is 2.37. The van der Waals surface area contributed by atoms with Gasteiger partial charge < -0.3 is 9.80 Å². The fraction of sp³-hybridized carbons (Fsp3) is 0.619. The van der Waals surface area contributed by atoms with E-state index in [-0.39, 0.29) is 18.4 Å². The van der Waals surface area contributed by atoms with E-state index in [4.69, 9.17) is 0 Å². The summed E-state index contributed by atoms with van der Waals surface area (Å²) in [6, 6.07) is 11.0. The number of benzene rings is 1. The molecule has 3 aliphatic rings. The van der Waals surface area contributed by atoms with Crippen LogP contribution in [0.4, 0.5) is 0 Å². The molecule has 3 fully saturated rings. The molecule has 2 atom stereocenters. The van der Waals surface area contributed by atoms with Crippen molar-refractivity contribution in [3.63, 3.8) is 0 Å². The molecule has 2 saturated heterocycles. The third-order valence-corrected chi connectivity index (χ3v) is 6.32. The Labute approximate surface area is 155 Å². The maximum Gasteiger partial charge on any atom is 0.242 e.